The maximum absolute atomic E-state index is 14.6. The molecule has 2 aromatic rings. The Balaban J connectivity index is 1.24. The molecule has 1 saturated heterocycles. The highest BCUT2D eigenvalue weighted by atomic mass is 35.5. The molecule has 11 nitrogen and oxygen atoms in total. The molecular formula is C39H49ClN4O7S. The minimum absolute atomic E-state index is 0.00596. The molecule has 13 heteroatoms. The molecule has 2 N–H and O–H groups in total. The molecule has 4 amide bonds. The van der Waals surface area contributed by atoms with E-state index in [2.05, 4.69) is 49.5 Å². The summed E-state index contributed by atoms with van der Waals surface area (Å²) in [5.74, 6) is -2.79. The van der Waals surface area contributed by atoms with Crippen molar-refractivity contribution in [2.45, 2.75) is 108 Å². The molecular weight excluding hydrogens is 704 g/mol. The van der Waals surface area contributed by atoms with Crippen LogP contribution in [0.5, 0.6) is 0 Å². The SMILES string of the molecule is C=C[C@@H]1C[C@]1(NC(=O)[C@@H]1C[C@@H](OC(=O)N2Cc3cccc(Cl)c3C2)CN1C(=O)[C@@H](Cc1cccc(C(C)(C)C)c1)C(C)C)C(=O)NS(=O)(=O)C1CC1. The van der Waals surface area contributed by atoms with Crippen LogP contribution in [0.2, 0.25) is 5.02 Å². The van der Waals surface area contributed by atoms with Gasteiger partial charge in [-0.3, -0.25) is 24.0 Å². The Hall–Kier alpha value is -3.90. The first kappa shape index (κ1) is 37.8. The lowest BCUT2D eigenvalue weighted by atomic mass is 9.83. The van der Waals surface area contributed by atoms with Gasteiger partial charge in [0.25, 0.3) is 5.91 Å². The van der Waals surface area contributed by atoms with E-state index in [-0.39, 0.29) is 43.2 Å². The number of likely N-dealkylation sites (tertiary alicyclic amines) is 1. The quantitative estimate of drug-likeness (QED) is 0.299. The van der Waals surface area contributed by atoms with Crippen LogP contribution in [0.25, 0.3) is 0 Å². The van der Waals surface area contributed by atoms with E-state index in [9.17, 15) is 27.6 Å². The summed E-state index contributed by atoms with van der Waals surface area (Å²) in [5.41, 5.74) is 2.31. The third-order valence-electron chi connectivity index (χ3n) is 10.9. The lowest BCUT2D eigenvalue weighted by Crippen LogP contribution is -2.57. The Labute approximate surface area is 311 Å². The van der Waals surface area contributed by atoms with E-state index < -0.39 is 62.7 Å². The molecule has 0 spiro atoms. The van der Waals surface area contributed by atoms with E-state index in [0.717, 1.165) is 22.3 Å². The van der Waals surface area contributed by atoms with Crippen molar-refractivity contribution in [2.24, 2.45) is 17.8 Å². The monoisotopic (exact) mass is 752 g/mol. The van der Waals surface area contributed by atoms with Gasteiger partial charge in [-0.2, -0.15) is 0 Å². The largest absolute Gasteiger partial charge is 0.444 e. The molecule has 2 aliphatic carbocycles. The summed E-state index contributed by atoms with van der Waals surface area (Å²) in [6.07, 6.45) is 1.69. The van der Waals surface area contributed by atoms with Crippen molar-refractivity contribution in [1.29, 1.82) is 0 Å². The van der Waals surface area contributed by atoms with Crippen molar-refractivity contribution in [3.05, 3.63) is 82.4 Å². The van der Waals surface area contributed by atoms with Crippen LogP contribution in [-0.4, -0.2) is 71.5 Å². The van der Waals surface area contributed by atoms with Gasteiger partial charge >= 0.3 is 6.09 Å². The first-order chi connectivity index (χ1) is 24.4. The first-order valence-corrected chi connectivity index (χ1v) is 20.0. The topological polar surface area (TPSA) is 142 Å². The van der Waals surface area contributed by atoms with Crippen LogP contribution in [0.4, 0.5) is 4.79 Å². The van der Waals surface area contributed by atoms with Gasteiger partial charge in [0.05, 0.1) is 18.3 Å². The van der Waals surface area contributed by atoms with Crippen LogP contribution in [-0.2, 0) is 54.1 Å². The Morgan fingerprint density at radius 3 is 2.42 bits per heavy atom. The van der Waals surface area contributed by atoms with Crippen LogP contribution in [0, 0.1) is 17.8 Å². The van der Waals surface area contributed by atoms with Crippen LogP contribution in [0.1, 0.15) is 82.6 Å². The number of hydrogen-bond donors (Lipinski definition) is 2. The number of halogens is 1. The van der Waals surface area contributed by atoms with E-state index in [1.165, 1.54) is 15.9 Å². The number of carbonyl (C=O) groups is 4. The molecule has 0 bridgehead atoms. The van der Waals surface area contributed by atoms with Crippen molar-refractivity contribution < 1.29 is 32.3 Å². The van der Waals surface area contributed by atoms with Gasteiger partial charge in [-0.05, 0) is 65.3 Å². The number of carbonyl (C=O) groups excluding carboxylic acids is 4. The Morgan fingerprint density at radius 2 is 1.81 bits per heavy atom. The third-order valence-corrected chi connectivity index (χ3v) is 13.1. The Bertz CT molecular complexity index is 1890. The number of benzene rings is 2. The van der Waals surface area contributed by atoms with Crippen molar-refractivity contribution in [1.82, 2.24) is 19.8 Å². The molecule has 2 aromatic carbocycles. The smallest absolute Gasteiger partial charge is 0.410 e. The van der Waals surface area contributed by atoms with Crippen molar-refractivity contribution in [3.8, 4) is 0 Å². The minimum atomic E-state index is -3.88. The highest BCUT2D eigenvalue weighted by Crippen LogP contribution is 2.45. The number of rotatable bonds is 11. The molecule has 2 saturated carbocycles. The summed E-state index contributed by atoms with van der Waals surface area (Å²) >= 11 is 6.38. The van der Waals surface area contributed by atoms with Gasteiger partial charge in [0.1, 0.15) is 17.7 Å². The molecule has 6 rings (SSSR count). The van der Waals surface area contributed by atoms with Crippen LogP contribution < -0.4 is 10.0 Å². The minimum Gasteiger partial charge on any atom is -0.444 e. The number of sulfonamides is 1. The Kier molecular flexibility index (Phi) is 10.3. The van der Waals surface area contributed by atoms with Crippen LogP contribution in [0.15, 0.2) is 55.1 Å². The summed E-state index contributed by atoms with van der Waals surface area (Å²) in [4.78, 5) is 58.8. The fraction of sp³-hybridized carbons (Fsp3) is 0.538. The summed E-state index contributed by atoms with van der Waals surface area (Å²) < 4.78 is 33.5. The molecule has 2 aliphatic heterocycles. The summed E-state index contributed by atoms with van der Waals surface area (Å²) in [7, 11) is -3.88. The van der Waals surface area contributed by atoms with E-state index in [0.29, 0.717) is 30.8 Å². The van der Waals surface area contributed by atoms with Crippen molar-refractivity contribution in [2.75, 3.05) is 6.54 Å². The molecule has 0 aromatic heterocycles. The molecule has 280 valence electrons. The second-order valence-corrected chi connectivity index (χ2v) is 18.5. The van der Waals surface area contributed by atoms with Crippen LogP contribution >= 0.6 is 11.6 Å². The predicted molar refractivity (Wildman–Crippen MR) is 198 cm³/mol. The maximum Gasteiger partial charge on any atom is 0.410 e. The number of amides is 4. The van der Waals surface area contributed by atoms with Crippen LogP contribution in [0.3, 0.4) is 0 Å². The predicted octanol–water partition coefficient (Wildman–Crippen LogP) is 5.24. The zero-order chi connectivity index (χ0) is 37.7. The zero-order valence-corrected chi connectivity index (χ0v) is 32.1. The summed E-state index contributed by atoms with van der Waals surface area (Å²) in [6, 6.07) is 12.6. The zero-order valence-electron chi connectivity index (χ0n) is 30.5. The van der Waals surface area contributed by atoms with E-state index in [1.807, 2.05) is 38.1 Å². The molecule has 0 unspecified atom stereocenters. The summed E-state index contributed by atoms with van der Waals surface area (Å²) in [5, 5.41) is 2.76. The van der Waals surface area contributed by atoms with E-state index >= 15 is 0 Å². The molecule has 5 atom stereocenters. The maximum atomic E-state index is 14.6. The second-order valence-electron chi connectivity index (χ2n) is 16.2. The number of nitrogens with zero attached hydrogens (tertiary/aromatic N) is 2. The van der Waals surface area contributed by atoms with E-state index in [1.54, 1.807) is 6.07 Å². The molecule has 2 heterocycles. The van der Waals surface area contributed by atoms with Gasteiger partial charge in [-0.25, -0.2) is 13.2 Å². The number of nitrogens with one attached hydrogen (secondary N) is 2. The van der Waals surface area contributed by atoms with Gasteiger partial charge in [0.15, 0.2) is 0 Å². The third kappa shape index (κ3) is 7.74. The fourth-order valence-corrected chi connectivity index (χ4v) is 8.98. The highest BCUT2D eigenvalue weighted by molar-refractivity contribution is 7.91. The number of fused-ring (bicyclic) bond motifs is 1. The number of hydrogen-bond acceptors (Lipinski definition) is 7. The van der Waals surface area contributed by atoms with Gasteiger partial charge in [-0.15, -0.1) is 6.58 Å². The normalized spacial score (nSPS) is 24.6. The average Bonchev–Trinajstić information content (AvgIpc) is 3.97. The Morgan fingerprint density at radius 1 is 1.10 bits per heavy atom. The summed E-state index contributed by atoms with van der Waals surface area (Å²) in [6.45, 7) is 14.7. The highest BCUT2D eigenvalue weighted by Gasteiger charge is 2.62. The molecule has 0 radical (unpaired) electrons. The standard InChI is InChI=1S/C39H49ClN4O7S/c1-7-26-19-39(26,36(47)42-52(49,50)29-14-15-29)41-34(45)33-18-28(51-37(48)43-20-25-11-9-13-32(40)31(25)22-43)21-44(33)35(46)30(23(2)3)17-24-10-8-12-27(16-24)38(4,5)6/h7-13,16,23,26,28-30,33H,1,14-15,17-22H2,2-6H3,(H,41,45)(H,42,47)/t26-,28-,30+,33+,39-/m1/s1. The first-order valence-electron chi connectivity index (χ1n) is 18.1. The molecule has 52 heavy (non-hydrogen) atoms. The van der Waals surface area contributed by atoms with Crippen molar-refractivity contribution in [3.63, 3.8) is 0 Å². The fourth-order valence-electron chi connectivity index (χ4n) is 7.36. The van der Waals surface area contributed by atoms with E-state index in [4.69, 9.17) is 16.3 Å². The van der Waals surface area contributed by atoms with Gasteiger partial charge in [0.2, 0.25) is 21.8 Å². The lowest BCUT2D eigenvalue weighted by molar-refractivity contribution is -0.143. The molecule has 4 aliphatic rings. The molecule has 3 fully saturated rings. The van der Waals surface area contributed by atoms with Gasteiger partial charge in [-0.1, -0.05) is 88.7 Å². The van der Waals surface area contributed by atoms with Gasteiger partial charge in [0, 0.05) is 29.8 Å². The number of ether oxygens (including phenoxy) is 1. The second kappa shape index (κ2) is 14.2. The van der Waals surface area contributed by atoms with Gasteiger partial charge < -0.3 is 15.0 Å². The lowest BCUT2D eigenvalue weighted by Gasteiger charge is -2.31. The van der Waals surface area contributed by atoms with Crippen molar-refractivity contribution >= 4 is 45.4 Å². The average molecular weight is 753 g/mol.